The third-order valence-corrected chi connectivity index (χ3v) is 0. The predicted molar refractivity (Wildman–Crippen MR) is 28.4 cm³/mol. The third-order valence-electron chi connectivity index (χ3n) is 0. The van der Waals surface area contributed by atoms with Gasteiger partial charge in [0.25, 0.3) is 5.09 Å². The molecular weight excluding hydrogens is 193 g/mol. The minimum absolute atomic E-state index is 0. The van der Waals surface area contributed by atoms with Gasteiger partial charge in [0.2, 0.25) is 0 Å². The van der Waals surface area contributed by atoms with Gasteiger partial charge < -0.3 is 11.4 Å². The van der Waals surface area contributed by atoms with E-state index in [1.165, 1.54) is 5.40 Å². The summed E-state index contributed by atoms with van der Waals surface area (Å²) in [5, 5.41) is 22.3. The van der Waals surface area contributed by atoms with E-state index in [-0.39, 0.29) is 22.9 Å². The SMILES string of the molecule is N.N#CS.O=[N+]([O-])O.[Co]. The van der Waals surface area contributed by atoms with Crippen LogP contribution in [0.25, 0.3) is 0 Å². The van der Waals surface area contributed by atoms with E-state index in [9.17, 15) is 0 Å². The standard InChI is InChI=1S/CHNS.Co.HNO3.H3N/c2-1-3;;2-1(3)4;/h3H;;(H,2,3,4);1H3. The van der Waals surface area contributed by atoms with Crippen LogP contribution in [0.1, 0.15) is 0 Å². The molecule has 0 bridgehead atoms. The maximum Gasteiger partial charge on any atom is 0.291 e. The van der Waals surface area contributed by atoms with Gasteiger partial charge in [-0.05, 0) is 0 Å². The molecule has 0 amide bonds. The van der Waals surface area contributed by atoms with Gasteiger partial charge in [0, 0.05) is 16.8 Å². The second-order valence-electron chi connectivity index (χ2n) is 0.338. The second kappa shape index (κ2) is 25.8. The normalized spacial score (nSPS) is 3.56. The molecule has 0 atom stereocenters. The molecule has 0 aliphatic heterocycles. The molecule has 4 N–H and O–H groups in total. The van der Waals surface area contributed by atoms with Crippen molar-refractivity contribution in [3.05, 3.63) is 10.1 Å². The predicted octanol–water partition coefficient (Wildman–Crippen LogP) is 0.209. The Morgan fingerprint density at radius 2 is 1.78 bits per heavy atom. The molecule has 6 nitrogen and oxygen atoms in total. The largest absolute Gasteiger partial charge is 0.344 e. The fourth-order valence-electron chi connectivity index (χ4n) is 0. The Bertz CT molecular complexity index is 87.5. The number of hydrogen-bond donors (Lipinski definition) is 3. The summed E-state index contributed by atoms with van der Waals surface area (Å²) in [6, 6.07) is 0. The Hall–Kier alpha value is -0.494. The molecule has 0 saturated carbocycles. The number of nitrogens with zero attached hydrogens (tertiary/aromatic N) is 2. The summed E-state index contributed by atoms with van der Waals surface area (Å²) in [4.78, 5) is 8.36. The zero-order valence-corrected chi connectivity index (χ0v) is 6.08. The van der Waals surface area contributed by atoms with Gasteiger partial charge in [0.1, 0.15) is 5.40 Å². The van der Waals surface area contributed by atoms with E-state index in [0.717, 1.165) is 0 Å². The number of hydrogen-bond acceptors (Lipinski definition) is 5. The first-order chi connectivity index (χ1) is 3.15. The van der Waals surface area contributed by atoms with Gasteiger partial charge in [-0.1, -0.05) is 12.6 Å². The van der Waals surface area contributed by atoms with Gasteiger partial charge in [-0.15, -0.1) is 10.1 Å². The van der Waals surface area contributed by atoms with Gasteiger partial charge in [-0.2, -0.15) is 5.26 Å². The molecule has 9 heavy (non-hydrogen) atoms. The average Bonchev–Trinajstić information content (AvgIpc) is 1.33. The van der Waals surface area contributed by atoms with Gasteiger partial charge >= 0.3 is 0 Å². The molecule has 0 rings (SSSR count). The van der Waals surface area contributed by atoms with Crippen molar-refractivity contribution in [1.82, 2.24) is 6.15 Å². The summed E-state index contributed by atoms with van der Waals surface area (Å²) in [6.45, 7) is 0. The van der Waals surface area contributed by atoms with E-state index < -0.39 is 5.09 Å². The quantitative estimate of drug-likeness (QED) is 0.222. The Balaban J connectivity index is -0.0000000233. The molecule has 0 unspecified atom stereocenters. The van der Waals surface area contributed by atoms with Crippen LogP contribution >= 0.6 is 12.6 Å². The van der Waals surface area contributed by atoms with Crippen LogP contribution in [0, 0.1) is 20.8 Å². The van der Waals surface area contributed by atoms with Crippen molar-refractivity contribution < 1.29 is 27.1 Å². The fourth-order valence-corrected chi connectivity index (χ4v) is 0. The first kappa shape index (κ1) is 23.6. The molecule has 0 spiro atoms. The van der Waals surface area contributed by atoms with E-state index in [0.29, 0.717) is 0 Å². The second-order valence-corrected chi connectivity index (χ2v) is 0.538. The van der Waals surface area contributed by atoms with Crippen LogP contribution in [-0.2, 0) is 16.8 Å². The molecular formula is CH5CoN3O3S. The number of nitriles is 1. The Morgan fingerprint density at radius 3 is 1.78 bits per heavy atom. The zero-order chi connectivity index (χ0) is 6.28. The molecule has 0 heterocycles. The first-order valence-electron chi connectivity index (χ1n) is 1.01. The van der Waals surface area contributed by atoms with Crippen molar-refractivity contribution in [3.8, 4) is 5.40 Å². The molecule has 1 radical (unpaired) electrons. The molecule has 0 aromatic heterocycles. The van der Waals surface area contributed by atoms with Gasteiger partial charge in [0.15, 0.2) is 0 Å². The van der Waals surface area contributed by atoms with E-state index in [4.69, 9.17) is 20.6 Å². The minimum atomic E-state index is -1.50. The summed E-state index contributed by atoms with van der Waals surface area (Å²) in [5.41, 5.74) is 0. The smallest absolute Gasteiger partial charge is 0.291 e. The summed E-state index contributed by atoms with van der Waals surface area (Å²) in [5.74, 6) is 0. The Labute approximate surface area is 67.1 Å². The molecule has 0 aromatic carbocycles. The molecule has 0 aromatic rings. The Morgan fingerprint density at radius 1 is 1.78 bits per heavy atom. The number of rotatable bonds is 0. The first-order valence-corrected chi connectivity index (χ1v) is 1.46. The molecule has 57 valence electrons. The topological polar surface area (TPSA) is 122 Å². The monoisotopic (exact) mass is 198 g/mol. The van der Waals surface area contributed by atoms with Crippen molar-refractivity contribution in [3.63, 3.8) is 0 Å². The van der Waals surface area contributed by atoms with Crippen LogP contribution < -0.4 is 6.15 Å². The maximum absolute atomic E-state index is 8.36. The van der Waals surface area contributed by atoms with Gasteiger partial charge in [-0.25, -0.2) is 0 Å². The summed E-state index contributed by atoms with van der Waals surface area (Å²) < 4.78 is 0. The summed E-state index contributed by atoms with van der Waals surface area (Å²) >= 11 is 3.09. The van der Waals surface area contributed by atoms with Crippen molar-refractivity contribution in [1.29, 1.82) is 5.26 Å². The van der Waals surface area contributed by atoms with E-state index in [1.54, 1.807) is 0 Å². The summed E-state index contributed by atoms with van der Waals surface area (Å²) in [6.07, 6.45) is 0. The molecule has 0 aliphatic carbocycles. The van der Waals surface area contributed by atoms with Crippen LogP contribution in [-0.4, -0.2) is 10.3 Å². The third kappa shape index (κ3) is 935. The molecule has 0 aliphatic rings. The van der Waals surface area contributed by atoms with Crippen LogP contribution in [0.4, 0.5) is 0 Å². The average molecular weight is 198 g/mol. The molecule has 0 saturated heterocycles. The van der Waals surface area contributed by atoms with Crippen molar-refractivity contribution in [2.75, 3.05) is 0 Å². The van der Waals surface area contributed by atoms with E-state index in [2.05, 4.69) is 12.6 Å². The maximum atomic E-state index is 8.36. The van der Waals surface area contributed by atoms with Crippen molar-refractivity contribution in [2.24, 2.45) is 0 Å². The Kier molecular flexibility index (Phi) is 67.8. The van der Waals surface area contributed by atoms with E-state index in [1.807, 2.05) is 0 Å². The molecule has 0 fully saturated rings. The molecule has 8 heteroatoms. The fraction of sp³-hybridized carbons (Fsp3) is 0. The van der Waals surface area contributed by atoms with Crippen molar-refractivity contribution >= 4 is 12.6 Å². The number of thiocyanates is 1. The van der Waals surface area contributed by atoms with Gasteiger partial charge in [-0.3, -0.25) is 0 Å². The van der Waals surface area contributed by atoms with Crippen molar-refractivity contribution in [2.45, 2.75) is 0 Å². The van der Waals surface area contributed by atoms with Gasteiger partial charge in [0.05, 0.1) is 0 Å². The minimum Gasteiger partial charge on any atom is -0.344 e. The summed E-state index contributed by atoms with van der Waals surface area (Å²) in [7, 11) is 0. The zero-order valence-electron chi connectivity index (χ0n) is 4.15. The van der Waals surface area contributed by atoms with Crippen LogP contribution in [0.5, 0.6) is 0 Å². The van der Waals surface area contributed by atoms with Crippen LogP contribution in [0.3, 0.4) is 0 Å². The number of thiol groups is 1. The van der Waals surface area contributed by atoms with E-state index >= 15 is 0 Å². The van der Waals surface area contributed by atoms with Crippen LogP contribution in [0.15, 0.2) is 0 Å². The van der Waals surface area contributed by atoms with Crippen LogP contribution in [0.2, 0.25) is 0 Å².